The first-order valence-corrected chi connectivity index (χ1v) is 4.48. The predicted octanol–water partition coefficient (Wildman–Crippen LogP) is 1.31. The topological polar surface area (TPSA) is 63.3 Å². The Kier molecular flexibility index (Phi) is 3.33. The zero-order valence-corrected chi connectivity index (χ0v) is 7.87. The van der Waals surface area contributed by atoms with E-state index < -0.39 is 5.97 Å². The highest BCUT2D eigenvalue weighted by Gasteiger charge is 2.07. The Hall–Kier alpha value is -1.00. The van der Waals surface area contributed by atoms with Gasteiger partial charge in [-0.05, 0) is 17.7 Å². The summed E-state index contributed by atoms with van der Waals surface area (Å²) in [7, 11) is 0. The van der Waals surface area contributed by atoms with E-state index in [1.165, 1.54) is 6.07 Å². The molecule has 0 aliphatic rings. The molecule has 0 bridgehead atoms. The zero-order chi connectivity index (χ0) is 9.84. The fourth-order valence-corrected chi connectivity index (χ4v) is 1.22. The molecule has 0 aromatic heterocycles. The van der Waals surface area contributed by atoms with E-state index in [0.29, 0.717) is 5.75 Å². The van der Waals surface area contributed by atoms with Gasteiger partial charge in [-0.3, -0.25) is 0 Å². The van der Waals surface area contributed by atoms with Gasteiger partial charge in [0.15, 0.2) is 0 Å². The molecule has 0 heterocycles. The third-order valence-electron chi connectivity index (χ3n) is 1.76. The molecule has 0 radical (unpaired) electrons. The zero-order valence-electron chi connectivity index (χ0n) is 6.97. The van der Waals surface area contributed by atoms with Crippen LogP contribution in [0.25, 0.3) is 0 Å². The van der Waals surface area contributed by atoms with Crippen molar-refractivity contribution in [3.8, 4) is 0 Å². The third-order valence-corrected chi connectivity index (χ3v) is 2.15. The summed E-state index contributed by atoms with van der Waals surface area (Å²) in [6.45, 7) is 0. The highest BCUT2D eigenvalue weighted by Crippen LogP contribution is 2.13. The second kappa shape index (κ2) is 4.30. The summed E-state index contributed by atoms with van der Waals surface area (Å²) in [5.41, 5.74) is 6.75. The lowest BCUT2D eigenvalue weighted by atomic mass is 10.1. The lowest BCUT2D eigenvalue weighted by Gasteiger charge is -2.08. The molecular weight excluding hydrogens is 186 g/mol. The van der Waals surface area contributed by atoms with Crippen LogP contribution in [0.15, 0.2) is 24.3 Å². The van der Waals surface area contributed by atoms with E-state index in [9.17, 15) is 4.79 Å². The van der Waals surface area contributed by atoms with Gasteiger partial charge in [-0.15, -0.1) is 0 Å². The quantitative estimate of drug-likeness (QED) is 0.640. The summed E-state index contributed by atoms with van der Waals surface area (Å²) in [6.07, 6.45) is 0. The first-order valence-electron chi connectivity index (χ1n) is 3.85. The Balaban J connectivity index is 2.98. The third kappa shape index (κ3) is 2.47. The fourth-order valence-electron chi connectivity index (χ4n) is 1.01. The number of rotatable bonds is 3. The molecule has 1 atom stereocenters. The SMILES string of the molecule is N[C@@H](CS)c1cccc(C(=O)O)c1. The monoisotopic (exact) mass is 197 g/mol. The van der Waals surface area contributed by atoms with Gasteiger partial charge in [0.05, 0.1) is 5.56 Å². The van der Waals surface area contributed by atoms with Crippen molar-refractivity contribution in [3.05, 3.63) is 35.4 Å². The molecule has 13 heavy (non-hydrogen) atoms. The maximum Gasteiger partial charge on any atom is 0.335 e. The molecule has 1 aromatic carbocycles. The molecule has 0 aliphatic heterocycles. The van der Waals surface area contributed by atoms with E-state index in [-0.39, 0.29) is 11.6 Å². The number of carbonyl (C=O) groups is 1. The second-order valence-electron chi connectivity index (χ2n) is 2.72. The molecular formula is C9H11NO2S. The van der Waals surface area contributed by atoms with Crippen molar-refractivity contribution in [1.82, 2.24) is 0 Å². The number of hydrogen-bond acceptors (Lipinski definition) is 3. The van der Waals surface area contributed by atoms with Crippen molar-refractivity contribution in [2.24, 2.45) is 5.73 Å². The van der Waals surface area contributed by atoms with E-state index >= 15 is 0 Å². The molecule has 0 fully saturated rings. The lowest BCUT2D eigenvalue weighted by Crippen LogP contribution is -2.12. The molecule has 1 rings (SSSR count). The Morgan fingerprint density at radius 1 is 1.62 bits per heavy atom. The number of carboxylic acid groups (broad SMARTS) is 1. The van der Waals surface area contributed by atoms with E-state index in [1.54, 1.807) is 18.2 Å². The van der Waals surface area contributed by atoms with Gasteiger partial charge in [-0.1, -0.05) is 12.1 Å². The van der Waals surface area contributed by atoms with Crippen LogP contribution in [-0.4, -0.2) is 16.8 Å². The Bertz CT molecular complexity index is 314. The van der Waals surface area contributed by atoms with Crippen molar-refractivity contribution in [2.75, 3.05) is 5.75 Å². The van der Waals surface area contributed by atoms with Gasteiger partial charge in [-0.25, -0.2) is 4.79 Å². The van der Waals surface area contributed by atoms with Crippen molar-refractivity contribution < 1.29 is 9.90 Å². The minimum absolute atomic E-state index is 0.206. The number of hydrogen-bond donors (Lipinski definition) is 3. The van der Waals surface area contributed by atoms with Gasteiger partial charge in [0, 0.05) is 11.8 Å². The smallest absolute Gasteiger partial charge is 0.335 e. The van der Waals surface area contributed by atoms with Crippen LogP contribution >= 0.6 is 12.6 Å². The highest BCUT2D eigenvalue weighted by molar-refractivity contribution is 7.80. The summed E-state index contributed by atoms with van der Waals surface area (Å²) in [4.78, 5) is 10.6. The second-order valence-corrected chi connectivity index (χ2v) is 3.08. The largest absolute Gasteiger partial charge is 0.478 e. The summed E-state index contributed by atoms with van der Waals surface area (Å²) in [5.74, 6) is -0.434. The predicted molar refractivity (Wildman–Crippen MR) is 54.2 cm³/mol. The maximum absolute atomic E-state index is 10.6. The van der Waals surface area contributed by atoms with E-state index in [2.05, 4.69) is 12.6 Å². The van der Waals surface area contributed by atoms with Crippen LogP contribution in [0.5, 0.6) is 0 Å². The van der Waals surface area contributed by atoms with Gasteiger partial charge >= 0.3 is 5.97 Å². The summed E-state index contributed by atoms with van der Waals surface area (Å²) >= 11 is 4.04. The molecule has 0 aliphatic carbocycles. The van der Waals surface area contributed by atoms with Crippen LogP contribution in [-0.2, 0) is 0 Å². The van der Waals surface area contributed by atoms with Crippen LogP contribution in [0.2, 0.25) is 0 Å². The Morgan fingerprint density at radius 2 is 2.31 bits per heavy atom. The average Bonchev–Trinajstić information content (AvgIpc) is 2.17. The summed E-state index contributed by atoms with van der Waals surface area (Å²) < 4.78 is 0. The van der Waals surface area contributed by atoms with Gasteiger partial charge in [-0.2, -0.15) is 12.6 Å². The van der Waals surface area contributed by atoms with Gasteiger partial charge in [0.1, 0.15) is 0 Å². The first-order chi connectivity index (χ1) is 6.15. The highest BCUT2D eigenvalue weighted by atomic mass is 32.1. The minimum Gasteiger partial charge on any atom is -0.478 e. The molecule has 70 valence electrons. The Labute approximate surface area is 82.0 Å². The van der Waals surface area contributed by atoms with Gasteiger partial charge < -0.3 is 10.8 Å². The van der Waals surface area contributed by atoms with Crippen LogP contribution < -0.4 is 5.73 Å². The molecule has 0 saturated heterocycles. The van der Waals surface area contributed by atoms with E-state index in [1.807, 2.05) is 0 Å². The van der Waals surface area contributed by atoms with Crippen LogP contribution in [0.3, 0.4) is 0 Å². The van der Waals surface area contributed by atoms with Crippen molar-refractivity contribution in [1.29, 1.82) is 0 Å². The molecule has 3 nitrogen and oxygen atoms in total. The molecule has 0 spiro atoms. The molecule has 1 aromatic rings. The van der Waals surface area contributed by atoms with Crippen molar-refractivity contribution in [2.45, 2.75) is 6.04 Å². The van der Waals surface area contributed by atoms with Crippen LogP contribution in [0.1, 0.15) is 22.0 Å². The maximum atomic E-state index is 10.6. The number of aromatic carboxylic acids is 1. The number of thiol groups is 1. The lowest BCUT2D eigenvalue weighted by molar-refractivity contribution is 0.0697. The van der Waals surface area contributed by atoms with Gasteiger partial charge in [0.2, 0.25) is 0 Å². The molecule has 0 unspecified atom stereocenters. The molecule has 0 saturated carbocycles. The van der Waals surface area contributed by atoms with E-state index in [4.69, 9.17) is 10.8 Å². The van der Waals surface area contributed by atoms with Crippen LogP contribution in [0, 0.1) is 0 Å². The number of nitrogens with two attached hydrogens (primary N) is 1. The average molecular weight is 197 g/mol. The van der Waals surface area contributed by atoms with Crippen molar-refractivity contribution >= 4 is 18.6 Å². The number of carboxylic acids is 1. The van der Waals surface area contributed by atoms with E-state index in [0.717, 1.165) is 5.56 Å². The number of benzene rings is 1. The summed E-state index contributed by atoms with van der Waals surface area (Å²) in [5, 5.41) is 8.70. The normalized spacial score (nSPS) is 12.5. The van der Waals surface area contributed by atoms with Crippen molar-refractivity contribution in [3.63, 3.8) is 0 Å². The molecule has 3 N–H and O–H groups in total. The minimum atomic E-state index is -0.937. The molecule has 4 heteroatoms. The molecule has 0 amide bonds. The standard InChI is InChI=1S/C9H11NO2S/c10-8(5-13)6-2-1-3-7(4-6)9(11)12/h1-4,8,13H,5,10H2,(H,11,12)/t8-/m0/s1. The fraction of sp³-hybridized carbons (Fsp3) is 0.222. The first kappa shape index (κ1) is 10.1. The summed E-state index contributed by atoms with van der Waals surface area (Å²) in [6, 6.07) is 6.39. The van der Waals surface area contributed by atoms with Crippen LogP contribution in [0.4, 0.5) is 0 Å². The van der Waals surface area contributed by atoms with Gasteiger partial charge in [0.25, 0.3) is 0 Å². The Morgan fingerprint density at radius 3 is 2.85 bits per heavy atom.